The van der Waals surface area contributed by atoms with Crippen LogP contribution in [0.3, 0.4) is 0 Å². The first-order valence-corrected chi connectivity index (χ1v) is 22.8. The van der Waals surface area contributed by atoms with E-state index < -0.39 is 5.41 Å². The van der Waals surface area contributed by atoms with E-state index in [2.05, 4.69) is 211 Å². The van der Waals surface area contributed by atoms with Gasteiger partial charge in [0.2, 0.25) is 0 Å². The highest BCUT2D eigenvalue weighted by Gasteiger charge is 2.52. The van der Waals surface area contributed by atoms with E-state index in [1.165, 1.54) is 144 Å². The fraction of sp³-hybridized carbons (Fsp3) is 0.143. The van der Waals surface area contributed by atoms with Crippen LogP contribution in [0.4, 0.5) is 0 Å². The Morgan fingerprint density at radius 3 is 1.54 bits per heavy atom. The van der Waals surface area contributed by atoms with Gasteiger partial charge in [0.05, 0.1) is 5.41 Å². The van der Waals surface area contributed by atoms with Crippen molar-refractivity contribution in [3.05, 3.63) is 203 Å². The highest BCUT2D eigenvalue weighted by molar-refractivity contribution is 6.26. The van der Waals surface area contributed by atoms with Gasteiger partial charge in [-0.1, -0.05) is 181 Å². The van der Waals surface area contributed by atoms with Crippen molar-refractivity contribution >= 4 is 32.3 Å². The van der Waals surface area contributed by atoms with Crippen LogP contribution in [-0.2, 0) is 16.2 Å². The molecular weight excluding hydrogens is 757 g/mol. The van der Waals surface area contributed by atoms with Crippen molar-refractivity contribution in [2.24, 2.45) is 0 Å². The third-order valence-corrected chi connectivity index (χ3v) is 15.4. The number of rotatable bonds is 1. The largest absolute Gasteiger partial charge is 0.0725 e. The second kappa shape index (κ2) is 11.7. The van der Waals surface area contributed by atoms with Gasteiger partial charge in [0, 0.05) is 0 Å². The molecular formula is C63H46. The third kappa shape index (κ3) is 4.37. The SMILES string of the molecule is CC(C)(C)c1cc2c3c(cc(C(C)(C)C)cc3c1)-c1cc(-c3c4c(cc5ccccc35)-c3cc5c(c6cccc-4c36)-c3ccccc3C53c4ccccc4-c4ccccc43)ccc1-2. The van der Waals surface area contributed by atoms with Crippen LogP contribution in [0.5, 0.6) is 0 Å². The van der Waals surface area contributed by atoms with Gasteiger partial charge in [-0.15, -0.1) is 0 Å². The Kier molecular flexibility index (Phi) is 6.61. The quantitative estimate of drug-likeness (QED) is 0.155. The predicted octanol–water partition coefficient (Wildman–Crippen LogP) is 17.0. The van der Waals surface area contributed by atoms with Gasteiger partial charge < -0.3 is 0 Å². The molecule has 0 N–H and O–H groups in total. The lowest BCUT2D eigenvalue weighted by Crippen LogP contribution is -2.25. The summed E-state index contributed by atoms with van der Waals surface area (Å²) in [6, 6.07) is 66.2. The summed E-state index contributed by atoms with van der Waals surface area (Å²) < 4.78 is 0. The number of hydrogen-bond acceptors (Lipinski definition) is 0. The van der Waals surface area contributed by atoms with E-state index in [0.29, 0.717) is 0 Å². The molecule has 0 bridgehead atoms. The van der Waals surface area contributed by atoms with E-state index in [9.17, 15) is 0 Å². The minimum atomic E-state index is -0.406. The second-order valence-electron chi connectivity index (χ2n) is 20.8. The van der Waals surface area contributed by atoms with Gasteiger partial charge in [0.25, 0.3) is 0 Å². The minimum Gasteiger partial charge on any atom is -0.0619 e. The summed E-state index contributed by atoms with van der Waals surface area (Å²) in [6.45, 7) is 14.1. The minimum absolute atomic E-state index is 0.0197. The van der Waals surface area contributed by atoms with Crippen LogP contribution in [0.15, 0.2) is 170 Å². The monoisotopic (exact) mass is 802 g/mol. The summed E-state index contributed by atoms with van der Waals surface area (Å²) in [6.07, 6.45) is 0. The highest BCUT2D eigenvalue weighted by atomic mass is 14.5. The van der Waals surface area contributed by atoms with Gasteiger partial charge in [-0.3, -0.25) is 0 Å². The molecule has 0 radical (unpaired) electrons. The summed E-state index contributed by atoms with van der Waals surface area (Å²) >= 11 is 0. The van der Waals surface area contributed by atoms with Crippen LogP contribution in [0.2, 0.25) is 0 Å². The number of hydrogen-bond donors (Lipinski definition) is 0. The summed E-state index contributed by atoms with van der Waals surface area (Å²) in [5.41, 5.74) is 26.8. The summed E-state index contributed by atoms with van der Waals surface area (Å²) in [5.74, 6) is 0. The van der Waals surface area contributed by atoms with Crippen molar-refractivity contribution < 1.29 is 0 Å². The van der Waals surface area contributed by atoms with Crippen molar-refractivity contribution in [2.75, 3.05) is 0 Å². The molecule has 0 saturated carbocycles. The molecule has 0 amide bonds. The average Bonchev–Trinajstić information content (AvgIpc) is 3.98. The molecule has 1 spiro atoms. The van der Waals surface area contributed by atoms with Gasteiger partial charge in [-0.2, -0.15) is 0 Å². The van der Waals surface area contributed by atoms with E-state index in [1.54, 1.807) is 0 Å². The lowest BCUT2D eigenvalue weighted by atomic mass is 9.70. The van der Waals surface area contributed by atoms with Gasteiger partial charge in [0.15, 0.2) is 0 Å². The molecule has 10 aromatic carbocycles. The van der Waals surface area contributed by atoms with Crippen LogP contribution in [0.1, 0.15) is 74.9 Å². The number of fused-ring (bicyclic) bond motifs is 18. The van der Waals surface area contributed by atoms with E-state index in [4.69, 9.17) is 0 Å². The third-order valence-electron chi connectivity index (χ3n) is 15.4. The van der Waals surface area contributed by atoms with Gasteiger partial charge in [0.1, 0.15) is 0 Å². The summed E-state index contributed by atoms with van der Waals surface area (Å²) in [7, 11) is 0. The normalized spacial score (nSPS) is 14.3. The Balaban J connectivity index is 1.07. The van der Waals surface area contributed by atoms with E-state index >= 15 is 0 Å². The Hall–Kier alpha value is -7.02. The lowest BCUT2D eigenvalue weighted by molar-refractivity contribution is 0.589. The first kappa shape index (κ1) is 35.6. The molecule has 4 aliphatic carbocycles. The molecule has 0 saturated heterocycles. The molecule has 298 valence electrons. The molecule has 0 fully saturated rings. The maximum absolute atomic E-state index is 2.62. The lowest BCUT2D eigenvalue weighted by Gasteiger charge is -2.30. The maximum Gasteiger partial charge on any atom is 0.0725 e. The van der Waals surface area contributed by atoms with Crippen LogP contribution < -0.4 is 0 Å². The molecule has 0 aromatic heterocycles. The van der Waals surface area contributed by atoms with E-state index in [-0.39, 0.29) is 10.8 Å². The summed E-state index contributed by atoms with van der Waals surface area (Å²) in [4.78, 5) is 0. The van der Waals surface area contributed by atoms with Gasteiger partial charge in [-0.05, 0) is 185 Å². The summed E-state index contributed by atoms with van der Waals surface area (Å²) in [5, 5.41) is 8.04. The fourth-order valence-corrected chi connectivity index (χ4v) is 12.6. The Labute approximate surface area is 369 Å². The van der Waals surface area contributed by atoms with Crippen LogP contribution in [0.25, 0.3) is 110 Å². The Morgan fingerprint density at radius 2 is 0.857 bits per heavy atom. The average molecular weight is 803 g/mol. The predicted molar refractivity (Wildman–Crippen MR) is 267 cm³/mol. The molecule has 0 heteroatoms. The zero-order valence-electron chi connectivity index (χ0n) is 36.7. The first-order chi connectivity index (χ1) is 30.5. The fourth-order valence-electron chi connectivity index (χ4n) is 12.6. The maximum atomic E-state index is 2.62. The van der Waals surface area contributed by atoms with Crippen molar-refractivity contribution in [1.29, 1.82) is 0 Å². The van der Waals surface area contributed by atoms with Crippen molar-refractivity contribution in [2.45, 2.75) is 57.8 Å². The van der Waals surface area contributed by atoms with E-state index in [1.807, 2.05) is 0 Å². The first-order valence-electron chi connectivity index (χ1n) is 22.8. The zero-order chi connectivity index (χ0) is 42.3. The van der Waals surface area contributed by atoms with Crippen molar-refractivity contribution in [3.63, 3.8) is 0 Å². The van der Waals surface area contributed by atoms with Crippen LogP contribution >= 0.6 is 0 Å². The van der Waals surface area contributed by atoms with Crippen molar-refractivity contribution in [3.8, 4) is 77.9 Å². The van der Waals surface area contributed by atoms with Crippen LogP contribution in [0, 0.1) is 0 Å². The topological polar surface area (TPSA) is 0 Å². The molecule has 0 unspecified atom stereocenters. The van der Waals surface area contributed by atoms with Gasteiger partial charge in [-0.25, -0.2) is 0 Å². The molecule has 63 heavy (non-hydrogen) atoms. The molecule has 0 nitrogen and oxygen atoms in total. The Morgan fingerprint density at radius 1 is 0.302 bits per heavy atom. The molecule has 10 aromatic rings. The highest BCUT2D eigenvalue weighted by Crippen LogP contribution is 2.66. The Bertz CT molecular complexity index is 3690. The smallest absolute Gasteiger partial charge is 0.0619 e. The van der Waals surface area contributed by atoms with Gasteiger partial charge >= 0.3 is 0 Å². The molecule has 0 atom stereocenters. The second-order valence-corrected chi connectivity index (χ2v) is 20.8. The molecule has 14 rings (SSSR count). The molecule has 0 heterocycles. The van der Waals surface area contributed by atoms with Crippen LogP contribution in [-0.4, -0.2) is 0 Å². The standard InChI is InChI=1S/C63H46/c1-61(2,3)38-28-37-29-39(62(4,5)6)33-50-47-31-36(26-27-41(47)49(32-38)56(37)50)57-40-17-8-7-16-35(40)30-48-51-34-55-59(45-21-15-22-46(58(45)51)60(48)57)44-20-11-14-25-54(44)63(55)52-23-12-9-18-42(52)43-19-10-13-24-53(43)63/h7-34H,1-6H3. The molecule has 0 aliphatic heterocycles. The van der Waals surface area contributed by atoms with Crippen molar-refractivity contribution in [1.82, 2.24) is 0 Å². The van der Waals surface area contributed by atoms with E-state index in [0.717, 1.165) is 0 Å². The number of benzene rings is 10. The zero-order valence-corrected chi connectivity index (χ0v) is 36.7. The molecule has 4 aliphatic rings.